The summed E-state index contributed by atoms with van der Waals surface area (Å²) in [7, 11) is -0.474. The average molecular weight is 261 g/mol. The van der Waals surface area contributed by atoms with E-state index in [1.54, 1.807) is 0 Å². The van der Waals surface area contributed by atoms with Gasteiger partial charge in [0.1, 0.15) is 5.82 Å². The van der Waals surface area contributed by atoms with Gasteiger partial charge in [0, 0.05) is 0 Å². The number of rotatable bonds is 2. The minimum Gasteiger partial charge on any atom is -0.456 e. The van der Waals surface area contributed by atoms with E-state index in [-0.39, 0.29) is 5.82 Å². The van der Waals surface area contributed by atoms with Gasteiger partial charge in [-0.25, -0.2) is 9.18 Å². The van der Waals surface area contributed by atoms with Crippen LogP contribution in [0.3, 0.4) is 0 Å². The summed E-state index contributed by atoms with van der Waals surface area (Å²) in [5.74, 6) is -0.996. The van der Waals surface area contributed by atoms with Gasteiger partial charge in [-0.1, -0.05) is 0 Å². The van der Waals surface area contributed by atoms with E-state index in [0.29, 0.717) is 9.76 Å². The molecule has 1 heterocycles. The third-order valence-corrected chi connectivity index (χ3v) is 4.47. The van der Waals surface area contributed by atoms with Crippen LogP contribution in [0.2, 0.25) is 26.2 Å². The molecule has 5 nitrogen and oxygen atoms in total. The highest BCUT2D eigenvalue weighted by atomic mass is 28.4. The molecule has 0 aliphatic rings. The predicted octanol–water partition coefficient (Wildman–Crippen LogP) is 0.996. The van der Waals surface area contributed by atoms with Crippen LogP contribution in [0.5, 0.6) is 0 Å². The smallest absolute Gasteiger partial charge is 0.346 e. The molecule has 2 radical (unpaired) electrons. The second-order valence-electron chi connectivity index (χ2n) is 3.87. The summed E-state index contributed by atoms with van der Waals surface area (Å²) in [4.78, 5) is 15.3. The van der Waals surface area contributed by atoms with Crippen LogP contribution >= 0.6 is 0 Å². The van der Waals surface area contributed by atoms with Crippen LogP contribution in [0.1, 0.15) is 0 Å². The van der Waals surface area contributed by atoms with Gasteiger partial charge in [-0.3, -0.25) is 4.98 Å². The molecule has 0 aliphatic heterocycles. The lowest BCUT2D eigenvalue weighted by atomic mass is 10.6. The fourth-order valence-electron chi connectivity index (χ4n) is 0.698. The van der Waals surface area contributed by atoms with Crippen LogP contribution in [-0.2, 0) is 4.12 Å². The monoisotopic (exact) mass is 261 g/mol. The third-order valence-electron chi connectivity index (χ3n) is 1.20. The highest BCUT2D eigenvalue weighted by molar-refractivity contribution is 6.73. The normalized spacial score (nSPS) is 10.6. The number of halogens is 1. The zero-order chi connectivity index (χ0) is 12.8. The van der Waals surface area contributed by atoms with Crippen LogP contribution in [-0.4, -0.2) is 28.0 Å². The Balaban J connectivity index is 0.000000293. The van der Waals surface area contributed by atoms with Crippen LogP contribution < -0.4 is 11.4 Å². The van der Waals surface area contributed by atoms with Gasteiger partial charge >= 0.3 is 5.69 Å². The molecule has 1 aromatic rings. The maximum absolute atomic E-state index is 12.1. The maximum Gasteiger partial charge on any atom is 0.346 e. The number of hydrogen-bond donors (Lipinski definition) is 2. The molecular formula is C8H16FN3O2Si2. The number of aromatic amines is 1. The molecule has 0 aromatic carbocycles. The summed E-state index contributed by atoms with van der Waals surface area (Å²) < 4.78 is 17.5. The molecule has 0 amide bonds. The second-order valence-corrected chi connectivity index (χ2v) is 9.32. The molecule has 0 saturated carbocycles. The van der Waals surface area contributed by atoms with Crippen molar-refractivity contribution in [1.29, 1.82) is 0 Å². The van der Waals surface area contributed by atoms with Crippen LogP contribution in [0.15, 0.2) is 11.0 Å². The Morgan fingerprint density at radius 3 is 2.38 bits per heavy atom. The van der Waals surface area contributed by atoms with E-state index in [2.05, 4.69) is 31.2 Å². The maximum atomic E-state index is 12.1. The van der Waals surface area contributed by atoms with E-state index >= 15 is 0 Å². The largest absolute Gasteiger partial charge is 0.456 e. The first kappa shape index (κ1) is 15.0. The minimum atomic E-state index is -1.14. The van der Waals surface area contributed by atoms with Crippen molar-refractivity contribution in [3.8, 4) is 0 Å². The first-order valence-corrected chi connectivity index (χ1v) is 9.43. The number of anilines is 1. The molecule has 0 atom stereocenters. The molecule has 0 unspecified atom stereocenters. The van der Waals surface area contributed by atoms with E-state index in [0.717, 1.165) is 6.20 Å². The molecule has 1 aromatic heterocycles. The molecule has 3 N–H and O–H groups in total. The predicted molar refractivity (Wildman–Crippen MR) is 65.3 cm³/mol. The molecule has 90 valence electrons. The molecule has 0 fully saturated rings. The van der Waals surface area contributed by atoms with Crippen molar-refractivity contribution < 1.29 is 8.51 Å². The van der Waals surface area contributed by atoms with Gasteiger partial charge in [0.2, 0.25) is 9.76 Å². The zero-order valence-corrected chi connectivity index (χ0v) is 11.8. The molecule has 8 heteroatoms. The molecule has 0 saturated heterocycles. The van der Waals surface area contributed by atoms with Gasteiger partial charge in [0.15, 0.2) is 14.1 Å². The van der Waals surface area contributed by atoms with Crippen molar-refractivity contribution in [1.82, 2.24) is 9.97 Å². The Morgan fingerprint density at radius 2 is 2.12 bits per heavy atom. The first-order valence-electron chi connectivity index (χ1n) is 4.61. The number of aromatic nitrogens is 2. The van der Waals surface area contributed by atoms with E-state index < -0.39 is 19.8 Å². The standard InChI is InChI=1S/C4H4FN3O.C4H12OSi2/c5-2-1-7-4(9)8-3(2)6;1-6-5-7(2,3)4/h1H,(H3,6,7,8,9);1-4H3. The SMILES string of the molecule is C[Si]O[Si](C)(C)C.Nc1[nH]c(=O)ncc1F. The molecule has 0 spiro atoms. The van der Waals surface area contributed by atoms with Crippen molar-refractivity contribution in [2.75, 3.05) is 5.73 Å². The van der Waals surface area contributed by atoms with Crippen LogP contribution in [0.4, 0.5) is 10.2 Å². The Bertz CT molecular complexity index is 378. The van der Waals surface area contributed by atoms with Gasteiger partial charge in [-0.05, 0) is 26.2 Å². The zero-order valence-electron chi connectivity index (χ0n) is 9.80. The number of H-pyrrole nitrogens is 1. The minimum absolute atomic E-state index is 0.282. The third kappa shape index (κ3) is 7.32. The van der Waals surface area contributed by atoms with Gasteiger partial charge < -0.3 is 9.85 Å². The van der Waals surface area contributed by atoms with E-state index in [1.165, 1.54) is 0 Å². The van der Waals surface area contributed by atoms with E-state index in [4.69, 9.17) is 9.85 Å². The Labute approximate surface area is 97.3 Å². The van der Waals surface area contributed by atoms with E-state index in [1.807, 2.05) is 4.98 Å². The Morgan fingerprint density at radius 1 is 1.56 bits per heavy atom. The summed E-state index contributed by atoms with van der Waals surface area (Å²) in [6, 6.07) is 0. The summed E-state index contributed by atoms with van der Waals surface area (Å²) in [5.41, 5.74) is 4.31. The Kier molecular flexibility index (Phi) is 6.15. The lowest BCUT2D eigenvalue weighted by molar-refractivity contribution is 0.603. The number of nitrogens with two attached hydrogens (primary N) is 1. The summed E-state index contributed by atoms with van der Waals surface area (Å²) in [6.07, 6.45) is 0.772. The van der Waals surface area contributed by atoms with Crippen LogP contribution in [0, 0.1) is 5.82 Å². The first-order chi connectivity index (χ1) is 7.26. The summed E-state index contributed by atoms with van der Waals surface area (Å²) in [6.45, 7) is 8.66. The highest BCUT2D eigenvalue weighted by Crippen LogP contribution is 1.99. The fraction of sp³-hybridized carbons (Fsp3) is 0.500. The molecular weight excluding hydrogens is 245 g/mol. The number of nitrogen functional groups attached to an aromatic ring is 1. The number of nitrogens with zero attached hydrogens (tertiary/aromatic N) is 1. The topological polar surface area (TPSA) is 81.0 Å². The summed E-state index contributed by atoms with van der Waals surface area (Å²) in [5, 5.41) is 0. The van der Waals surface area contributed by atoms with Crippen molar-refractivity contribution >= 4 is 23.9 Å². The lowest BCUT2D eigenvalue weighted by Crippen LogP contribution is -2.26. The highest BCUT2D eigenvalue weighted by Gasteiger charge is 2.11. The molecule has 16 heavy (non-hydrogen) atoms. The lowest BCUT2D eigenvalue weighted by Gasteiger charge is -2.14. The Hall–Kier alpha value is -0.996. The van der Waals surface area contributed by atoms with Crippen molar-refractivity contribution in [3.05, 3.63) is 22.5 Å². The number of nitrogens with one attached hydrogen (secondary N) is 1. The van der Waals surface area contributed by atoms with Crippen molar-refractivity contribution in [3.63, 3.8) is 0 Å². The van der Waals surface area contributed by atoms with Crippen molar-refractivity contribution in [2.24, 2.45) is 0 Å². The average Bonchev–Trinajstić information content (AvgIpc) is 2.11. The van der Waals surface area contributed by atoms with Gasteiger partial charge in [-0.2, -0.15) is 4.98 Å². The number of hydrogen-bond acceptors (Lipinski definition) is 4. The fourth-order valence-corrected chi connectivity index (χ4v) is 3.15. The van der Waals surface area contributed by atoms with Gasteiger partial charge in [-0.15, -0.1) is 0 Å². The molecule has 0 aliphatic carbocycles. The van der Waals surface area contributed by atoms with Gasteiger partial charge in [0.05, 0.1) is 6.20 Å². The van der Waals surface area contributed by atoms with Crippen molar-refractivity contribution in [2.45, 2.75) is 26.2 Å². The summed E-state index contributed by atoms with van der Waals surface area (Å²) >= 11 is 0. The van der Waals surface area contributed by atoms with E-state index in [9.17, 15) is 9.18 Å². The molecule has 1 rings (SSSR count). The van der Waals surface area contributed by atoms with Gasteiger partial charge in [0.25, 0.3) is 0 Å². The van der Waals surface area contributed by atoms with Crippen LogP contribution in [0.25, 0.3) is 0 Å². The second kappa shape index (κ2) is 6.56. The quantitative estimate of drug-likeness (QED) is 0.778. The molecule has 0 bridgehead atoms.